The summed E-state index contributed by atoms with van der Waals surface area (Å²) in [5.41, 5.74) is 16.6. The number of carboxylic acids is 4. The van der Waals surface area contributed by atoms with Crippen molar-refractivity contribution in [2.24, 2.45) is 35.1 Å². The maximum atomic E-state index is 12.5. The number of nitrogens with two attached hydrogens (primary N) is 2. The minimum Gasteiger partial charge on any atom is -0.481 e. The lowest BCUT2D eigenvalue weighted by Gasteiger charge is -2.36. The summed E-state index contributed by atoms with van der Waals surface area (Å²) in [5.74, 6) is -3.06. The SMILES string of the molecule is CC[C@@H](CSSC[C@@H](NC1CCC1C)C(=O)O)C(=O)O.N[C@H](CSSC[C@H](N)C(=O)O)C(=O)O.O=S1(=O)OC2CCC2OS(=O)(=O)c2ccc(cc2)-c2ccc1cc2.[3H]C(P)C(=O)CNOC(=O)[C@@H](CC)CSSC[C@@H](NC1CCC1C)C(=O)ONCC(=O)C([3H])P. The molecule has 3 heterocycles. The van der Waals surface area contributed by atoms with E-state index in [-0.39, 0.29) is 46.3 Å². The number of rotatable bonds is 35. The normalized spacial score (nSPS) is 22.9. The second-order valence-electron chi connectivity index (χ2n) is 20.8. The summed E-state index contributed by atoms with van der Waals surface area (Å²) in [5, 5.41) is 41.4. The number of hydrogen-bond donors (Lipinski definition) is 10. The Labute approximate surface area is 557 Å². The lowest BCUT2D eigenvalue weighted by Crippen LogP contribution is -2.52. The number of carbonyl (C=O) groups excluding carboxylic acids is 4. The minimum atomic E-state index is -3.96. The van der Waals surface area contributed by atoms with Crippen molar-refractivity contribution in [3.63, 3.8) is 0 Å². The molecule has 3 aliphatic carbocycles. The van der Waals surface area contributed by atoms with Crippen molar-refractivity contribution in [3.05, 3.63) is 48.5 Å². The van der Waals surface area contributed by atoms with E-state index in [2.05, 4.69) is 53.9 Å². The van der Waals surface area contributed by atoms with E-state index < -0.39 is 122 Å². The molecule has 10 unspecified atom stereocenters. The highest BCUT2D eigenvalue weighted by molar-refractivity contribution is 8.77. The quantitative estimate of drug-likeness (QED) is 0.0143. The van der Waals surface area contributed by atoms with Crippen LogP contribution in [0.25, 0.3) is 11.1 Å². The molecule has 90 heavy (non-hydrogen) atoms. The molecule has 12 N–H and O–H groups in total. The fourth-order valence-electron chi connectivity index (χ4n) is 7.67. The van der Waals surface area contributed by atoms with Crippen molar-refractivity contribution in [1.29, 1.82) is 0 Å². The fraction of sp³-hybridized carbons (Fsp3) is 0.630. The van der Waals surface area contributed by atoms with E-state index in [0.717, 1.165) is 36.8 Å². The van der Waals surface area contributed by atoms with E-state index >= 15 is 0 Å². The molecule has 0 aromatic heterocycles. The molecule has 3 saturated carbocycles. The van der Waals surface area contributed by atoms with Gasteiger partial charge in [0.15, 0.2) is 11.6 Å². The minimum absolute atomic E-state index is 0.0356. The molecule has 0 saturated heterocycles. The van der Waals surface area contributed by atoms with Crippen LogP contribution in [0.1, 0.15) is 81.8 Å². The third-order valence-corrected chi connectivity index (χ3v) is 25.1. The van der Waals surface area contributed by atoms with Crippen LogP contribution in [-0.4, -0.2) is 193 Å². The smallest absolute Gasteiger partial charge is 0.342 e. The predicted molar refractivity (Wildman–Crippen MR) is 360 cm³/mol. The molecular weight excluding hydrogens is 1370 g/mol. The molecule has 2 aromatic rings. The third-order valence-electron chi connectivity index (χ3n) is 14.2. The van der Waals surface area contributed by atoms with Gasteiger partial charge in [-0.3, -0.25) is 41.9 Å². The number of carbonyl (C=O) groups is 8. The van der Waals surface area contributed by atoms with Gasteiger partial charge in [-0.25, -0.2) is 4.79 Å². The molecule has 0 spiro atoms. The van der Waals surface area contributed by atoms with E-state index in [4.69, 9.17) is 47.6 Å². The van der Waals surface area contributed by atoms with Crippen molar-refractivity contribution < 1.29 is 96.4 Å². The summed E-state index contributed by atoms with van der Waals surface area (Å²) in [4.78, 5) is 100. The number of benzene rings is 2. The van der Waals surface area contributed by atoms with Crippen LogP contribution in [0.5, 0.6) is 0 Å². The molecule has 0 radical (unpaired) electrons. The Morgan fingerprint density at radius 2 is 0.911 bits per heavy atom. The van der Waals surface area contributed by atoms with Crippen LogP contribution in [0.2, 0.25) is 0 Å². The number of hydroxylamine groups is 2. The van der Waals surface area contributed by atoms with Crippen molar-refractivity contribution in [3.8, 4) is 11.1 Å². The molecular formula is C54H84N6O20P2S8. The van der Waals surface area contributed by atoms with Crippen molar-refractivity contribution in [1.82, 2.24) is 21.6 Å². The molecule has 36 heteroatoms. The molecule has 2 aromatic carbocycles. The van der Waals surface area contributed by atoms with Crippen LogP contribution in [0, 0.1) is 23.7 Å². The maximum Gasteiger partial charge on any atom is 0.342 e. The average Bonchev–Trinajstić information content (AvgIpc) is 0.790. The number of nitrogens with one attached hydrogen (secondary N) is 4. The predicted octanol–water partition coefficient (Wildman–Crippen LogP) is 4.96. The Balaban J connectivity index is 0.000000336. The van der Waals surface area contributed by atoms with E-state index in [1.165, 1.54) is 89.0 Å². The van der Waals surface area contributed by atoms with E-state index in [1.54, 1.807) is 24.3 Å². The van der Waals surface area contributed by atoms with E-state index in [0.29, 0.717) is 66.6 Å². The zero-order valence-corrected chi connectivity index (χ0v) is 58.8. The van der Waals surface area contributed by atoms with Gasteiger partial charge in [0.25, 0.3) is 20.2 Å². The van der Waals surface area contributed by atoms with Gasteiger partial charge >= 0.3 is 35.8 Å². The number of fused-ring (bicyclic) bond motifs is 2. The number of carboxylic acid groups (broad SMARTS) is 4. The summed E-state index contributed by atoms with van der Waals surface area (Å²) in [6.45, 7) is 7.48. The van der Waals surface area contributed by atoms with Crippen LogP contribution >= 0.6 is 83.2 Å². The molecule has 8 rings (SSSR count). The summed E-state index contributed by atoms with van der Waals surface area (Å²) >= 11 is 0. The van der Waals surface area contributed by atoms with Crippen molar-refractivity contribution in [2.45, 2.75) is 137 Å². The lowest BCUT2D eigenvalue weighted by atomic mass is 9.81. The lowest BCUT2D eigenvalue weighted by molar-refractivity contribution is -0.156. The van der Waals surface area contributed by atoms with Gasteiger partial charge in [0.05, 0.1) is 34.7 Å². The number of Topliss-reactive ketones (excluding diaryl/α,β-unsaturated/α-hetero) is 2. The number of hydrogen-bond acceptors (Lipinski definition) is 28. The van der Waals surface area contributed by atoms with Crippen LogP contribution in [0.4, 0.5) is 0 Å². The van der Waals surface area contributed by atoms with Gasteiger partial charge in [-0.05, 0) is 98.6 Å². The first-order chi connectivity index (χ1) is 43.3. The number of ketones is 2. The molecule has 0 amide bonds. The zero-order valence-electron chi connectivity index (χ0n) is 51.9. The summed E-state index contributed by atoms with van der Waals surface area (Å²) in [6.07, 6.45) is 2.72. The largest absolute Gasteiger partial charge is 0.481 e. The van der Waals surface area contributed by atoms with Gasteiger partial charge in [0.2, 0.25) is 0 Å². The highest BCUT2D eigenvalue weighted by Gasteiger charge is 2.41. The van der Waals surface area contributed by atoms with Gasteiger partial charge in [-0.1, -0.05) is 117 Å². The Hall–Kier alpha value is -2.86. The van der Waals surface area contributed by atoms with Crippen LogP contribution in [0.3, 0.4) is 0 Å². The van der Waals surface area contributed by atoms with Crippen molar-refractivity contribution >= 4 is 151 Å². The highest BCUT2D eigenvalue weighted by Crippen LogP contribution is 2.35. The molecule has 6 aliphatic rings. The highest BCUT2D eigenvalue weighted by atomic mass is 33.1. The van der Waals surface area contributed by atoms with Gasteiger partial charge < -0.3 is 52.2 Å². The van der Waals surface area contributed by atoms with Crippen LogP contribution in [-0.2, 0) is 76.6 Å². The summed E-state index contributed by atoms with van der Waals surface area (Å²) < 4.78 is 74.2. The van der Waals surface area contributed by atoms with Gasteiger partial charge in [0.1, 0.15) is 36.4 Å². The van der Waals surface area contributed by atoms with Crippen molar-refractivity contribution in [2.75, 3.05) is 59.9 Å². The molecule has 16 atom stereocenters. The molecule has 3 fully saturated rings. The topological polar surface area (TPSA) is 423 Å². The second-order valence-corrected chi connectivity index (χ2v) is 32.3. The van der Waals surface area contributed by atoms with Crippen LogP contribution in [0.15, 0.2) is 58.3 Å². The van der Waals surface area contributed by atoms with E-state index in [1.807, 2.05) is 13.8 Å². The van der Waals surface area contributed by atoms with Gasteiger partial charge in [0, 0.05) is 61.6 Å². The zero-order chi connectivity index (χ0) is 68.9. The van der Waals surface area contributed by atoms with Gasteiger partial charge in [-0.2, -0.15) is 16.8 Å². The Kier molecular flexibility index (Phi) is 36.8. The van der Waals surface area contributed by atoms with E-state index in [9.17, 15) is 60.3 Å². The monoisotopic (exact) mass is 1460 g/mol. The molecule has 3 aliphatic heterocycles. The second kappa shape index (κ2) is 42.5. The molecule has 508 valence electrons. The van der Waals surface area contributed by atoms with Gasteiger partial charge in [-0.15, -0.1) is 29.4 Å². The Bertz CT molecular complexity index is 2840. The Morgan fingerprint density at radius 1 is 0.544 bits per heavy atom. The number of aliphatic carboxylic acids is 4. The molecule has 26 nitrogen and oxygen atoms in total. The summed E-state index contributed by atoms with van der Waals surface area (Å²) in [7, 11) is 4.35. The standard InChI is InChI=1S/C19H35N3O6P2S2.C16H14O6S2.C13H23NO4S2.C6H12N2O4S2/c1-3-13(18(25)27-20-6-14(23)8-29)10-31-32-11-17(22-16-5-4-12(16)2)19(26)28-21-7-15(24)9-30;17-23(18)13-5-1-11(2-6-13)12-3-7-14(8-4-12)24(19,20)22-16-10-9-15(16)21-23;1-3-9(12(15)16)6-19-20-7-11(13(17)18)14-10-5-4-8(10)2;7-3(5(9)10)1-13-14-2-4(8)6(11)12/h12-13,16-17,20-22H,3-11,29-30H2,1-2H3;1-8,15-16H,9-10H2;8-11,14H,3-7H2,1-2H3,(H,15,16)(H,17,18);3-4H,1-2,7-8H2,(H,9,10)(H,11,12)/t12?,13-,16?,17+;;8?,9-,10?,11+;3-,4+/m0.0./s1/i8T,9T;;;/t8?,9?,12?,13-,16?,17+;;2m. The first-order valence-electron chi connectivity index (χ1n) is 29.5. The third kappa shape index (κ3) is 29.4. The summed E-state index contributed by atoms with van der Waals surface area (Å²) in [6, 6.07) is 10.1. The fourth-order valence-corrected chi connectivity index (χ4v) is 17.5. The molecule has 4 bridgehead atoms. The first-order valence-corrected chi connectivity index (χ1v) is 40.0. The Morgan fingerprint density at radius 3 is 1.24 bits per heavy atom. The maximum absolute atomic E-state index is 12.5. The average molecular weight is 1460 g/mol. The van der Waals surface area contributed by atoms with Crippen LogP contribution < -0.4 is 33.1 Å². The first kappa shape index (κ1) is 77.8.